The van der Waals surface area contributed by atoms with Crippen molar-refractivity contribution in [3.8, 4) is 67.8 Å². The van der Waals surface area contributed by atoms with E-state index in [0.29, 0.717) is 37.5 Å². The van der Waals surface area contributed by atoms with Gasteiger partial charge in [0.15, 0.2) is 5.76 Å². The average molecular weight is 689 g/mol. The van der Waals surface area contributed by atoms with E-state index in [-0.39, 0.29) is 12.3 Å². The summed E-state index contributed by atoms with van der Waals surface area (Å²) in [5.41, 5.74) is 6.68. The van der Waals surface area contributed by atoms with Crippen molar-refractivity contribution in [1.29, 1.82) is 0 Å². The van der Waals surface area contributed by atoms with Crippen LogP contribution in [0.3, 0.4) is 0 Å². The molecule has 2 heterocycles. The highest BCUT2D eigenvalue weighted by Gasteiger charge is 2.22. The monoisotopic (exact) mass is 688 g/mol. The van der Waals surface area contributed by atoms with Crippen molar-refractivity contribution >= 4 is 5.91 Å². The van der Waals surface area contributed by atoms with Crippen LogP contribution in [0.4, 0.5) is 0 Å². The van der Waals surface area contributed by atoms with Crippen LogP contribution in [0.25, 0.3) is 44.8 Å². The van der Waals surface area contributed by atoms with Crippen molar-refractivity contribution in [2.75, 3.05) is 48.1 Å². The van der Waals surface area contributed by atoms with E-state index in [2.05, 4.69) is 20.9 Å². The first-order valence-electron chi connectivity index (χ1n) is 16.5. The molecule has 1 amide bonds. The van der Waals surface area contributed by atoms with Crippen molar-refractivity contribution in [2.45, 2.75) is 12.8 Å². The smallest absolute Gasteiger partial charge is 0.227 e. The van der Waals surface area contributed by atoms with E-state index in [1.165, 1.54) is 0 Å². The number of nitrogens with one attached hydrogen (secondary N) is 2. The van der Waals surface area contributed by atoms with Crippen LogP contribution in [-0.4, -0.2) is 64.3 Å². The Morgan fingerprint density at radius 1 is 0.529 bits per heavy atom. The van der Waals surface area contributed by atoms with Gasteiger partial charge in [-0.15, -0.1) is 0 Å². The molecule has 262 valence electrons. The fourth-order valence-electron chi connectivity index (χ4n) is 5.77. The quantitative estimate of drug-likeness (QED) is 0.104. The van der Waals surface area contributed by atoms with E-state index in [1.54, 1.807) is 28.4 Å². The Bertz CT molecular complexity index is 2020. The maximum Gasteiger partial charge on any atom is 0.227 e. The molecule has 0 fully saturated rings. The van der Waals surface area contributed by atoms with Gasteiger partial charge in [0.05, 0.1) is 46.0 Å². The zero-order valence-corrected chi connectivity index (χ0v) is 29.0. The van der Waals surface area contributed by atoms with Gasteiger partial charge in [-0.25, -0.2) is 0 Å². The van der Waals surface area contributed by atoms with Gasteiger partial charge >= 0.3 is 0 Å². The highest BCUT2D eigenvalue weighted by molar-refractivity contribution is 5.87. The van der Waals surface area contributed by atoms with E-state index in [0.717, 1.165) is 67.8 Å². The van der Waals surface area contributed by atoms with Gasteiger partial charge in [-0.1, -0.05) is 34.6 Å². The van der Waals surface area contributed by atoms with E-state index in [9.17, 15) is 4.79 Å². The lowest BCUT2D eigenvalue weighted by Gasteiger charge is -2.09. The summed E-state index contributed by atoms with van der Waals surface area (Å²) in [6.07, 6.45) is 0.623. The first kappa shape index (κ1) is 34.8. The lowest BCUT2D eigenvalue weighted by molar-refractivity contribution is -0.120. The molecule has 0 radical (unpaired) electrons. The molecule has 51 heavy (non-hydrogen) atoms. The minimum atomic E-state index is -0.176. The molecule has 11 nitrogen and oxygen atoms in total. The Balaban J connectivity index is 1.08. The first-order chi connectivity index (χ1) is 25.0. The molecule has 0 spiro atoms. The summed E-state index contributed by atoms with van der Waals surface area (Å²) < 4.78 is 33.0. The first-order valence-corrected chi connectivity index (χ1v) is 16.5. The number of nitrogens with zero attached hydrogens (tertiary/aromatic N) is 2. The second-order valence-electron chi connectivity index (χ2n) is 11.6. The fourth-order valence-corrected chi connectivity index (χ4v) is 5.77. The van der Waals surface area contributed by atoms with Crippen LogP contribution in [0.15, 0.2) is 106 Å². The molecular weight excluding hydrogens is 648 g/mol. The van der Waals surface area contributed by atoms with Gasteiger partial charge in [-0.2, -0.15) is 0 Å². The maximum absolute atomic E-state index is 13.1. The molecule has 0 aliphatic carbocycles. The van der Waals surface area contributed by atoms with Crippen LogP contribution in [0.2, 0.25) is 0 Å². The van der Waals surface area contributed by atoms with Gasteiger partial charge in [0.2, 0.25) is 5.91 Å². The lowest BCUT2D eigenvalue weighted by Crippen LogP contribution is -2.33. The molecule has 0 atom stereocenters. The second kappa shape index (κ2) is 16.6. The van der Waals surface area contributed by atoms with E-state index >= 15 is 0 Å². The standard InChI is InChI=1S/C40H40N4O7/c1-46-30-13-5-26(6-14-30)37-34(50-43-39(37)28-9-17-32(48-3)18-10-28)21-22-41-23-24-42-36(45)25-35-38(27-7-15-31(47-2)16-8-27)40(44-51-35)29-11-19-33(49-4)20-12-29/h5-20,41H,21-25H2,1-4H3,(H,42,45). The number of rotatable bonds is 16. The summed E-state index contributed by atoms with van der Waals surface area (Å²) in [4.78, 5) is 13.1. The Kier molecular flexibility index (Phi) is 11.3. The summed E-state index contributed by atoms with van der Waals surface area (Å²) in [5, 5.41) is 15.2. The number of methoxy groups -OCH3 is 4. The third-order valence-electron chi connectivity index (χ3n) is 8.48. The summed E-state index contributed by atoms with van der Waals surface area (Å²) >= 11 is 0. The third kappa shape index (κ3) is 8.22. The molecular formula is C40H40N4O7. The zero-order valence-electron chi connectivity index (χ0n) is 29.0. The predicted molar refractivity (Wildman–Crippen MR) is 194 cm³/mol. The molecule has 2 N–H and O–H groups in total. The van der Waals surface area contributed by atoms with Gasteiger partial charge < -0.3 is 38.6 Å². The zero-order chi connectivity index (χ0) is 35.6. The van der Waals surface area contributed by atoms with Crippen molar-refractivity contribution in [2.24, 2.45) is 0 Å². The van der Waals surface area contributed by atoms with Crippen LogP contribution in [0, 0.1) is 0 Å². The van der Waals surface area contributed by atoms with E-state index in [4.69, 9.17) is 28.0 Å². The van der Waals surface area contributed by atoms with Crippen molar-refractivity contribution in [1.82, 2.24) is 20.9 Å². The van der Waals surface area contributed by atoms with Gasteiger partial charge in [-0.3, -0.25) is 4.79 Å². The number of carbonyl (C=O) groups is 1. The number of benzene rings is 4. The molecule has 6 aromatic rings. The van der Waals surface area contributed by atoms with Crippen LogP contribution >= 0.6 is 0 Å². The molecule has 0 saturated heterocycles. The Morgan fingerprint density at radius 3 is 1.35 bits per heavy atom. The Labute approximate surface area is 296 Å². The summed E-state index contributed by atoms with van der Waals surface area (Å²) in [6, 6.07) is 30.7. The summed E-state index contributed by atoms with van der Waals surface area (Å²) in [7, 11) is 6.52. The van der Waals surface area contributed by atoms with Crippen LogP contribution in [0.5, 0.6) is 23.0 Å². The highest BCUT2D eigenvalue weighted by atomic mass is 16.5. The lowest BCUT2D eigenvalue weighted by atomic mass is 9.98. The molecule has 2 aromatic heterocycles. The largest absolute Gasteiger partial charge is 0.497 e. The highest BCUT2D eigenvalue weighted by Crippen LogP contribution is 2.38. The molecule has 6 rings (SSSR count). The molecule has 0 saturated carbocycles. The minimum absolute atomic E-state index is 0.0297. The van der Waals surface area contributed by atoms with Gasteiger partial charge in [0, 0.05) is 37.2 Å². The molecule has 0 aliphatic rings. The topological polar surface area (TPSA) is 130 Å². The number of ether oxygens (including phenoxy) is 4. The minimum Gasteiger partial charge on any atom is -0.497 e. The number of amides is 1. The number of hydrogen-bond acceptors (Lipinski definition) is 10. The van der Waals surface area contributed by atoms with Crippen molar-refractivity contribution in [3.63, 3.8) is 0 Å². The molecule has 0 aliphatic heterocycles. The predicted octanol–water partition coefficient (Wildman–Crippen LogP) is 6.86. The van der Waals surface area contributed by atoms with Crippen LogP contribution in [0.1, 0.15) is 11.5 Å². The normalized spacial score (nSPS) is 10.9. The van der Waals surface area contributed by atoms with Gasteiger partial charge in [0.25, 0.3) is 0 Å². The Morgan fingerprint density at radius 2 is 0.922 bits per heavy atom. The van der Waals surface area contributed by atoms with Crippen molar-refractivity contribution in [3.05, 3.63) is 109 Å². The molecule has 4 aromatic carbocycles. The number of aromatic nitrogens is 2. The van der Waals surface area contributed by atoms with Gasteiger partial charge in [0.1, 0.15) is 40.1 Å². The SMILES string of the molecule is COc1ccc(-c2noc(CCNCCNC(=O)Cc3onc(-c4ccc(OC)cc4)c3-c3ccc(OC)cc3)c2-c2ccc(OC)cc2)cc1. The molecule has 0 bridgehead atoms. The molecule has 0 unspecified atom stereocenters. The number of hydrogen-bond donors (Lipinski definition) is 2. The van der Waals surface area contributed by atoms with E-state index in [1.807, 2.05) is 97.1 Å². The number of carbonyl (C=O) groups excluding carboxylic acids is 1. The Hall–Kier alpha value is -6.07. The van der Waals surface area contributed by atoms with Crippen molar-refractivity contribution < 1.29 is 32.8 Å². The van der Waals surface area contributed by atoms with Crippen LogP contribution in [-0.2, 0) is 17.6 Å². The summed E-state index contributed by atoms with van der Waals surface area (Å²) in [6.45, 7) is 1.60. The second-order valence-corrected chi connectivity index (χ2v) is 11.6. The summed E-state index contributed by atoms with van der Waals surface area (Å²) in [5.74, 6) is 4.05. The maximum atomic E-state index is 13.1. The molecule has 11 heteroatoms. The van der Waals surface area contributed by atoms with E-state index < -0.39 is 0 Å². The average Bonchev–Trinajstić information content (AvgIpc) is 3.80. The third-order valence-corrected chi connectivity index (χ3v) is 8.48. The van der Waals surface area contributed by atoms with Gasteiger partial charge in [-0.05, 0) is 83.9 Å². The van der Waals surface area contributed by atoms with Crippen LogP contribution < -0.4 is 29.6 Å². The fraction of sp³-hybridized carbons (Fsp3) is 0.225.